The van der Waals surface area contributed by atoms with Gasteiger partial charge in [-0.3, -0.25) is 19.7 Å². The summed E-state index contributed by atoms with van der Waals surface area (Å²) in [4.78, 5) is 34.9. The highest BCUT2D eigenvalue weighted by Crippen LogP contribution is 2.32. The molecule has 1 atom stereocenters. The Hall–Kier alpha value is -1.96. The second kappa shape index (κ2) is 4.61. The summed E-state index contributed by atoms with van der Waals surface area (Å²) in [5, 5.41) is 19.6. The monoisotopic (exact) mass is 284 g/mol. The molecule has 0 aliphatic carbocycles. The Labute approximate surface area is 112 Å². The Morgan fingerprint density at radius 1 is 1.53 bits per heavy atom. The van der Waals surface area contributed by atoms with E-state index in [0.29, 0.717) is 13.0 Å². The minimum Gasteiger partial charge on any atom is -0.481 e. The van der Waals surface area contributed by atoms with E-state index in [1.54, 1.807) is 6.92 Å². The second-order valence-electron chi connectivity index (χ2n) is 4.74. The lowest BCUT2D eigenvalue weighted by molar-refractivity contribution is -0.380. The number of carbonyl (C=O) groups is 2. The number of aliphatic carboxylic acids is 1. The number of carboxylic acids is 1. The number of carbonyl (C=O) groups excluding carboxylic acids is 1. The van der Waals surface area contributed by atoms with Gasteiger partial charge >= 0.3 is 11.0 Å². The summed E-state index contributed by atoms with van der Waals surface area (Å²) in [5.74, 6) is -1.27. The summed E-state index contributed by atoms with van der Waals surface area (Å²) >= 11 is 0.807. The van der Waals surface area contributed by atoms with Crippen molar-refractivity contribution in [1.82, 2.24) is 4.90 Å². The molecule has 0 saturated carbocycles. The first-order chi connectivity index (χ1) is 8.83. The first kappa shape index (κ1) is 13.5. The minimum absolute atomic E-state index is 0.0939. The number of hydrogen-bond acceptors (Lipinski definition) is 5. The molecule has 1 saturated heterocycles. The van der Waals surface area contributed by atoms with Gasteiger partial charge in [-0.2, -0.15) is 0 Å². The Balaban J connectivity index is 2.13. The molecule has 1 N–H and O–H groups in total. The zero-order valence-electron chi connectivity index (χ0n) is 10.2. The molecule has 0 bridgehead atoms. The van der Waals surface area contributed by atoms with Gasteiger partial charge in [0, 0.05) is 19.2 Å². The molecule has 1 aliphatic rings. The highest BCUT2D eigenvalue weighted by atomic mass is 32.1. The summed E-state index contributed by atoms with van der Waals surface area (Å²) < 4.78 is 0. The normalized spacial score (nSPS) is 22.5. The Morgan fingerprint density at radius 3 is 2.68 bits per heavy atom. The van der Waals surface area contributed by atoms with Gasteiger partial charge in [-0.15, -0.1) is 0 Å². The first-order valence-electron chi connectivity index (χ1n) is 5.60. The van der Waals surface area contributed by atoms with E-state index in [1.807, 2.05) is 0 Å². The van der Waals surface area contributed by atoms with E-state index in [0.717, 1.165) is 11.3 Å². The number of nitrogens with zero attached hydrogens (tertiary/aromatic N) is 2. The van der Waals surface area contributed by atoms with Crippen molar-refractivity contribution in [3.63, 3.8) is 0 Å². The lowest BCUT2D eigenvalue weighted by Crippen LogP contribution is -2.34. The lowest BCUT2D eigenvalue weighted by atomic mass is 9.90. The summed E-state index contributed by atoms with van der Waals surface area (Å²) in [6, 6.07) is 2.69. The third kappa shape index (κ3) is 2.43. The summed E-state index contributed by atoms with van der Waals surface area (Å²) in [5.41, 5.74) is -0.932. The van der Waals surface area contributed by atoms with Gasteiger partial charge in [0.1, 0.15) is 0 Å². The van der Waals surface area contributed by atoms with Crippen LogP contribution in [0.25, 0.3) is 0 Å². The molecule has 2 heterocycles. The van der Waals surface area contributed by atoms with Crippen molar-refractivity contribution in [3.8, 4) is 0 Å². The smallest absolute Gasteiger partial charge is 0.324 e. The van der Waals surface area contributed by atoms with Crippen LogP contribution in [0.5, 0.6) is 0 Å². The third-order valence-corrected chi connectivity index (χ3v) is 4.28. The maximum Gasteiger partial charge on any atom is 0.324 e. The summed E-state index contributed by atoms with van der Waals surface area (Å²) in [6.07, 6.45) is 0.390. The quantitative estimate of drug-likeness (QED) is 0.671. The molecular formula is C11H12N2O5S. The second-order valence-corrected chi connectivity index (χ2v) is 5.80. The van der Waals surface area contributed by atoms with Crippen molar-refractivity contribution in [2.24, 2.45) is 5.41 Å². The zero-order chi connectivity index (χ0) is 14.2. The fourth-order valence-corrected chi connectivity index (χ4v) is 2.79. The number of amides is 1. The van der Waals surface area contributed by atoms with Crippen LogP contribution >= 0.6 is 11.3 Å². The molecule has 1 aromatic rings. The molecule has 0 radical (unpaired) electrons. The average Bonchev–Trinajstić information content (AvgIpc) is 2.95. The number of carboxylic acid groups (broad SMARTS) is 1. The lowest BCUT2D eigenvalue weighted by Gasteiger charge is -2.19. The van der Waals surface area contributed by atoms with Crippen molar-refractivity contribution in [1.29, 1.82) is 0 Å². The van der Waals surface area contributed by atoms with Crippen LogP contribution in [0.15, 0.2) is 12.1 Å². The maximum absolute atomic E-state index is 12.1. The number of likely N-dealkylation sites (tertiary alicyclic amines) is 1. The van der Waals surface area contributed by atoms with Crippen molar-refractivity contribution in [3.05, 3.63) is 27.1 Å². The predicted molar refractivity (Wildman–Crippen MR) is 67.2 cm³/mol. The molecule has 0 aromatic carbocycles. The van der Waals surface area contributed by atoms with Gasteiger partial charge in [-0.1, -0.05) is 11.3 Å². The van der Waals surface area contributed by atoms with E-state index in [4.69, 9.17) is 5.11 Å². The number of hydrogen-bond donors (Lipinski definition) is 1. The van der Waals surface area contributed by atoms with Crippen molar-refractivity contribution in [2.75, 3.05) is 13.1 Å². The molecule has 1 unspecified atom stereocenters. The van der Waals surface area contributed by atoms with E-state index in [9.17, 15) is 19.7 Å². The van der Waals surface area contributed by atoms with E-state index in [1.165, 1.54) is 17.0 Å². The van der Waals surface area contributed by atoms with E-state index < -0.39 is 16.3 Å². The first-order valence-corrected chi connectivity index (χ1v) is 6.42. The van der Waals surface area contributed by atoms with Gasteiger partial charge in [-0.05, 0) is 19.4 Å². The Bertz CT molecular complexity index is 555. The Morgan fingerprint density at radius 2 is 2.21 bits per heavy atom. The summed E-state index contributed by atoms with van der Waals surface area (Å²) in [7, 11) is 0. The largest absolute Gasteiger partial charge is 0.481 e. The molecule has 1 amide bonds. The molecule has 2 rings (SSSR count). The summed E-state index contributed by atoms with van der Waals surface area (Å²) in [6.45, 7) is 2.08. The van der Waals surface area contributed by atoms with Crippen LogP contribution in [-0.2, 0) is 4.79 Å². The van der Waals surface area contributed by atoms with Crippen LogP contribution in [-0.4, -0.2) is 39.9 Å². The van der Waals surface area contributed by atoms with Gasteiger partial charge in [0.2, 0.25) is 0 Å². The maximum atomic E-state index is 12.1. The van der Waals surface area contributed by atoms with Crippen molar-refractivity contribution < 1.29 is 19.6 Å². The van der Waals surface area contributed by atoms with Crippen LogP contribution in [0, 0.1) is 15.5 Å². The molecular weight excluding hydrogens is 272 g/mol. The number of thiophene rings is 1. The third-order valence-electron chi connectivity index (χ3n) is 3.26. The molecule has 19 heavy (non-hydrogen) atoms. The number of rotatable bonds is 3. The highest BCUT2D eigenvalue weighted by molar-refractivity contribution is 7.17. The topological polar surface area (TPSA) is 101 Å². The van der Waals surface area contributed by atoms with Gasteiger partial charge < -0.3 is 10.0 Å². The van der Waals surface area contributed by atoms with Crippen LogP contribution < -0.4 is 0 Å². The molecule has 7 nitrogen and oxygen atoms in total. The molecule has 8 heteroatoms. The van der Waals surface area contributed by atoms with Crippen LogP contribution in [0.3, 0.4) is 0 Å². The Kier molecular flexibility index (Phi) is 3.27. The van der Waals surface area contributed by atoms with Gasteiger partial charge in [0.05, 0.1) is 15.2 Å². The van der Waals surface area contributed by atoms with Crippen molar-refractivity contribution >= 4 is 28.2 Å². The molecule has 102 valence electrons. The SMILES string of the molecule is CC1(C(=O)O)CCN(C(=O)c2ccc([N+](=O)[O-])s2)C1. The predicted octanol–water partition coefficient (Wildman–Crippen LogP) is 1.59. The van der Waals surface area contributed by atoms with Crippen LogP contribution in [0.1, 0.15) is 23.0 Å². The molecule has 0 spiro atoms. The fraction of sp³-hybridized carbons (Fsp3) is 0.455. The average molecular weight is 284 g/mol. The van der Waals surface area contributed by atoms with Crippen LogP contribution in [0.4, 0.5) is 5.00 Å². The molecule has 1 fully saturated rings. The minimum atomic E-state index is -0.932. The van der Waals surface area contributed by atoms with Crippen molar-refractivity contribution in [2.45, 2.75) is 13.3 Å². The zero-order valence-corrected chi connectivity index (χ0v) is 11.0. The molecule has 1 aliphatic heterocycles. The van der Waals surface area contributed by atoms with Gasteiger partial charge in [0.25, 0.3) is 5.91 Å². The van der Waals surface area contributed by atoms with E-state index in [-0.39, 0.29) is 22.3 Å². The van der Waals surface area contributed by atoms with Gasteiger partial charge in [0.15, 0.2) is 0 Å². The highest BCUT2D eigenvalue weighted by Gasteiger charge is 2.42. The van der Waals surface area contributed by atoms with Crippen LogP contribution in [0.2, 0.25) is 0 Å². The van der Waals surface area contributed by atoms with Gasteiger partial charge in [-0.25, -0.2) is 0 Å². The van der Waals surface area contributed by atoms with E-state index in [2.05, 4.69) is 0 Å². The molecule has 1 aromatic heterocycles. The number of nitro groups is 1. The standard InChI is InChI=1S/C11H12N2O5S/c1-11(10(15)16)4-5-12(6-11)9(14)7-2-3-8(19-7)13(17)18/h2-3H,4-6H2,1H3,(H,15,16). The van der Waals surface area contributed by atoms with E-state index >= 15 is 0 Å². The fourth-order valence-electron chi connectivity index (χ4n) is 2.01.